The maximum atomic E-state index is 13.1. The van der Waals surface area contributed by atoms with Gasteiger partial charge in [0.2, 0.25) is 10.0 Å². The topological polar surface area (TPSA) is 73.2 Å². The predicted molar refractivity (Wildman–Crippen MR) is 92.0 cm³/mol. The van der Waals surface area contributed by atoms with E-state index < -0.39 is 21.9 Å². The number of fused-ring (bicyclic) bond motifs is 1. The van der Waals surface area contributed by atoms with E-state index in [1.54, 1.807) is 13.0 Å². The van der Waals surface area contributed by atoms with E-state index in [0.717, 1.165) is 5.56 Å². The first kappa shape index (κ1) is 20.1. The normalized spacial score (nSPS) is 15.0. The Morgan fingerprint density at radius 3 is 2.78 bits per heavy atom. The Morgan fingerprint density at radius 1 is 1.37 bits per heavy atom. The van der Waals surface area contributed by atoms with Crippen LogP contribution in [-0.4, -0.2) is 31.3 Å². The number of halogens is 4. The number of sulfonamides is 1. The first-order valence-electron chi connectivity index (χ1n) is 8.09. The minimum atomic E-state index is -4.59. The number of nitrogens with zero attached hydrogens (tertiary/aromatic N) is 2. The number of alkyl halides is 3. The number of hydrogen-bond acceptors (Lipinski definition) is 4. The molecule has 0 spiro atoms. The lowest BCUT2D eigenvalue weighted by atomic mass is 10.1. The average molecular weight is 424 g/mol. The molecule has 148 valence electrons. The SMILES string of the molecule is Cc1ccc(S(=O)(=O)NCCn2nc(C(F)(F)F)c3c2CCOC3)cc1Cl. The van der Waals surface area contributed by atoms with Crippen molar-refractivity contribution in [3.05, 3.63) is 45.7 Å². The Bertz CT molecular complexity index is 958. The molecule has 1 N–H and O–H groups in total. The second-order valence-corrected chi connectivity index (χ2v) is 8.28. The van der Waals surface area contributed by atoms with Crippen LogP contribution in [0.25, 0.3) is 0 Å². The summed E-state index contributed by atoms with van der Waals surface area (Å²) >= 11 is 5.95. The summed E-state index contributed by atoms with van der Waals surface area (Å²) in [5.74, 6) is 0. The van der Waals surface area contributed by atoms with Crippen molar-refractivity contribution in [3.8, 4) is 0 Å². The van der Waals surface area contributed by atoms with Crippen LogP contribution in [0.4, 0.5) is 13.2 Å². The van der Waals surface area contributed by atoms with Gasteiger partial charge in [0.1, 0.15) is 0 Å². The van der Waals surface area contributed by atoms with Crippen LogP contribution in [0, 0.1) is 6.92 Å². The molecule has 0 radical (unpaired) electrons. The molecule has 11 heteroatoms. The summed E-state index contributed by atoms with van der Waals surface area (Å²) < 4.78 is 72.8. The highest BCUT2D eigenvalue weighted by molar-refractivity contribution is 7.89. The van der Waals surface area contributed by atoms with Gasteiger partial charge in [-0.05, 0) is 24.6 Å². The number of aryl methyl sites for hydroxylation is 1. The van der Waals surface area contributed by atoms with E-state index in [9.17, 15) is 21.6 Å². The highest BCUT2D eigenvalue weighted by Gasteiger charge is 2.39. The van der Waals surface area contributed by atoms with Crippen LogP contribution in [0.2, 0.25) is 5.02 Å². The van der Waals surface area contributed by atoms with Gasteiger partial charge in [-0.1, -0.05) is 17.7 Å². The molecule has 0 fully saturated rings. The summed E-state index contributed by atoms with van der Waals surface area (Å²) in [5.41, 5.74) is 0.194. The van der Waals surface area contributed by atoms with Crippen molar-refractivity contribution in [2.45, 2.75) is 37.6 Å². The zero-order valence-electron chi connectivity index (χ0n) is 14.3. The molecule has 0 saturated heterocycles. The maximum Gasteiger partial charge on any atom is 0.435 e. The Balaban J connectivity index is 1.75. The molecule has 1 aromatic carbocycles. The van der Waals surface area contributed by atoms with E-state index in [0.29, 0.717) is 23.7 Å². The standard InChI is InChI=1S/C16H17ClF3N3O3S/c1-10-2-3-11(8-13(10)17)27(24,25)21-5-6-23-14-4-7-26-9-12(14)15(22-23)16(18,19)20/h2-3,8,21H,4-7,9H2,1H3. The molecular formula is C16H17ClF3N3O3S. The number of rotatable bonds is 5. The van der Waals surface area contributed by atoms with Crippen molar-refractivity contribution in [1.82, 2.24) is 14.5 Å². The fourth-order valence-corrected chi connectivity index (χ4v) is 4.12. The number of ether oxygens (including phenoxy) is 1. The van der Waals surface area contributed by atoms with E-state index in [1.165, 1.54) is 16.8 Å². The van der Waals surface area contributed by atoms with E-state index in [1.807, 2.05) is 0 Å². The highest BCUT2D eigenvalue weighted by Crippen LogP contribution is 2.34. The Morgan fingerprint density at radius 2 is 2.11 bits per heavy atom. The van der Waals surface area contributed by atoms with Gasteiger partial charge in [0.15, 0.2) is 5.69 Å². The average Bonchev–Trinajstić information content (AvgIpc) is 2.96. The molecule has 0 saturated carbocycles. The quantitative estimate of drug-likeness (QED) is 0.802. The Labute approximate surface area is 159 Å². The van der Waals surface area contributed by atoms with Crippen LogP contribution in [0.1, 0.15) is 22.5 Å². The monoisotopic (exact) mass is 423 g/mol. The molecule has 6 nitrogen and oxygen atoms in total. The third-order valence-corrected chi connectivity index (χ3v) is 6.10. The molecule has 0 bridgehead atoms. The molecule has 0 unspecified atom stereocenters. The largest absolute Gasteiger partial charge is 0.435 e. The predicted octanol–water partition coefficient (Wildman–Crippen LogP) is 2.91. The van der Waals surface area contributed by atoms with Gasteiger partial charge < -0.3 is 4.74 Å². The summed E-state index contributed by atoms with van der Waals surface area (Å²) in [6, 6.07) is 4.32. The second kappa shape index (κ2) is 7.42. The van der Waals surface area contributed by atoms with Crippen molar-refractivity contribution in [2.24, 2.45) is 0 Å². The van der Waals surface area contributed by atoms with E-state index >= 15 is 0 Å². The van der Waals surface area contributed by atoms with Crippen LogP contribution >= 0.6 is 11.6 Å². The number of aromatic nitrogens is 2. The molecule has 2 aromatic rings. The van der Waals surface area contributed by atoms with Crippen LogP contribution in [0.5, 0.6) is 0 Å². The van der Waals surface area contributed by atoms with Crippen LogP contribution in [0.15, 0.2) is 23.1 Å². The molecule has 0 atom stereocenters. The van der Waals surface area contributed by atoms with Gasteiger partial charge >= 0.3 is 6.18 Å². The Kier molecular flexibility index (Phi) is 5.53. The summed E-state index contributed by atoms with van der Waals surface area (Å²) in [6.45, 7) is 1.74. The number of hydrogen-bond donors (Lipinski definition) is 1. The summed E-state index contributed by atoms with van der Waals surface area (Å²) in [4.78, 5) is -0.00928. The summed E-state index contributed by atoms with van der Waals surface area (Å²) in [6.07, 6.45) is -4.30. The van der Waals surface area contributed by atoms with Crippen LogP contribution in [-0.2, 0) is 40.5 Å². The first-order chi connectivity index (χ1) is 12.6. The molecule has 2 heterocycles. The fraction of sp³-hybridized carbons (Fsp3) is 0.438. The lowest BCUT2D eigenvalue weighted by molar-refractivity contribution is -0.142. The Hall–Kier alpha value is -1.62. The maximum absolute atomic E-state index is 13.1. The smallest absolute Gasteiger partial charge is 0.376 e. The van der Waals surface area contributed by atoms with Crippen molar-refractivity contribution in [3.63, 3.8) is 0 Å². The molecule has 3 rings (SSSR count). The third kappa shape index (κ3) is 4.29. The molecule has 0 amide bonds. The van der Waals surface area contributed by atoms with E-state index in [4.69, 9.17) is 16.3 Å². The van der Waals surface area contributed by atoms with Crippen molar-refractivity contribution in [2.75, 3.05) is 13.2 Å². The van der Waals surface area contributed by atoms with Crippen LogP contribution in [0.3, 0.4) is 0 Å². The molecule has 1 aromatic heterocycles. The van der Waals surface area contributed by atoms with Gasteiger partial charge in [0.05, 0.1) is 24.7 Å². The van der Waals surface area contributed by atoms with Gasteiger partial charge in [-0.25, -0.2) is 13.1 Å². The summed E-state index contributed by atoms with van der Waals surface area (Å²) in [7, 11) is -3.84. The molecule has 27 heavy (non-hydrogen) atoms. The fourth-order valence-electron chi connectivity index (χ4n) is 2.83. The van der Waals surface area contributed by atoms with E-state index in [2.05, 4.69) is 9.82 Å². The first-order valence-corrected chi connectivity index (χ1v) is 9.95. The molecule has 0 aliphatic carbocycles. The molecule has 1 aliphatic rings. The lowest BCUT2D eigenvalue weighted by Crippen LogP contribution is -2.28. The number of nitrogens with one attached hydrogen (secondary N) is 1. The van der Waals surface area contributed by atoms with Gasteiger partial charge in [0, 0.05) is 29.2 Å². The zero-order chi connectivity index (χ0) is 19.8. The number of benzene rings is 1. The zero-order valence-corrected chi connectivity index (χ0v) is 15.9. The minimum absolute atomic E-state index is 0.00928. The third-order valence-electron chi connectivity index (χ3n) is 4.23. The van der Waals surface area contributed by atoms with Gasteiger partial charge in [-0.3, -0.25) is 4.68 Å². The lowest BCUT2D eigenvalue weighted by Gasteiger charge is -2.15. The van der Waals surface area contributed by atoms with Gasteiger partial charge in [-0.2, -0.15) is 18.3 Å². The molecular weight excluding hydrogens is 407 g/mol. The van der Waals surface area contributed by atoms with Crippen molar-refractivity contribution in [1.29, 1.82) is 0 Å². The van der Waals surface area contributed by atoms with Crippen LogP contribution < -0.4 is 4.72 Å². The van der Waals surface area contributed by atoms with E-state index in [-0.39, 0.29) is 30.2 Å². The van der Waals surface area contributed by atoms with Crippen molar-refractivity contribution >= 4 is 21.6 Å². The second-order valence-electron chi connectivity index (χ2n) is 6.11. The van der Waals surface area contributed by atoms with Crippen molar-refractivity contribution < 1.29 is 26.3 Å². The summed E-state index contributed by atoms with van der Waals surface area (Å²) in [5, 5.41) is 3.95. The minimum Gasteiger partial charge on any atom is -0.376 e. The van der Waals surface area contributed by atoms with Gasteiger partial charge in [0.25, 0.3) is 0 Å². The van der Waals surface area contributed by atoms with Gasteiger partial charge in [-0.15, -0.1) is 0 Å². The highest BCUT2D eigenvalue weighted by atomic mass is 35.5. The molecule has 1 aliphatic heterocycles.